The van der Waals surface area contributed by atoms with E-state index in [9.17, 15) is 9.59 Å². The van der Waals surface area contributed by atoms with Crippen molar-refractivity contribution < 1.29 is 9.59 Å². The summed E-state index contributed by atoms with van der Waals surface area (Å²) in [6, 6.07) is 17.6. The summed E-state index contributed by atoms with van der Waals surface area (Å²) in [7, 11) is 0. The molecular formula is C24H28N4O2. The first kappa shape index (κ1) is 20.1. The molecule has 0 radical (unpaired) electrons. The van der Waals surface area contributed by atoms with Gasteiger partial charge in [-0.1, -0.05) is 56.3 Å². The van der Waals surface area contributed by atoms with Gasteiger partial charge in [-0.3, -0.25) is 9.59 Å². The molecule has 0 bridgehead atoms. The first-order valence-corrected chi connectivity index (χ1v) is 10.6. The van der Waals surface area contributed by atoms with Gasteiger partial charge in [-0.2, -0.15) is 0 Å². The minimum absolute atomic E-state index is 0.0622. The van der Waals surface area contributed by atoms with Crippen molar-refractivity contribution >= 4 is 22.8 Å². The van der Waals surface area contributed by atoms with E-state index in [1.54, 1.807) is 0 Å². The van der Waals surface area contributed by atoms with Gasteiger partial charge >= 0.3 is 0 Å². The molecule has 0 saturated carbocycles. The number of nitrogens with one attached hydrogen (secondary N) is 2. The predicted molar refractivity (Wildman–Crippen MR) is 117 cm³/mol. The van der Waals surface area contributed by atoms with Gasteiger partial charge in [-0.15, -0.1) is 0 Å². The number of imidazole rings is 1. The molecule has 0 aliphatic carbocycles. The number of para-hydroxylation sites is 2. The fraction of sp³-hybridized carbons (Fsp3) is 0.375. The van der Waals surface area contributed by atoms with Crippen LogP contribution in [0.1, 0.15) is 37.7 Å². The van der Waals surface area contributed by atoms with E-state index in [2.05, 4.69) is 24.1 Å². The monoisotopic (exact) mass is 404 g/mol. The largest absolute Gasteiger partial charge is 0.346 e. The molecule has 6 nitrogen and oxygen atoms in total. The van der Waals surface area contributed by atoms with Crippen LogP contribution in [-0.2, 0) is 16.0 Å². The number of H-pyrrole nitrogens is 1. The summed E-state index contributed by atoms with van der Waals surface area (Å²) in [6.07, 6.45) is 0.902. The predicted octanol–water partition coefficient (Wildman–Crippen LogP) is 3.47. The second kappa shape index (κ2) is 8.69. The van der Waals surface area contributed by atoms with Gasteiger partial charge in [-0.05, 0) is 30.0 Å². The number of amides is 2. The number of aromatic amines is 1. The molecule has 2 atom stereocenters. The molecule has 2 N–H and O–H groups in total. The van der Waals surface area contributed by atoms with Gasteiger partial charge in [-0.25, -0.2) is 4.98 Å². The first-order chi connectivity index (χ1) is 14.5. The number of carbonyl (C=O) groups is 2. The lowest BCUT2D eigenvalue weighted by Gasteiger charge is -2.21. The summed E-state index contributed by atoms with van der Waals surface area (Å²) >= 11 is 0. The SMILES string of the molecule is CC(C)CN1C[C@@H](C(=O)N[C@@H](Cc2ccccc2)c2nc3ccccc3[nH]2)CC1=O. The van der Waals surface area contributed by atoms with Crippen LogP contribution in [-0.4, -0.2) is 39.8 Å². The Morgan fingerprint density at radius 2 is 1.90 bits per heavy atom. The third-order valence-electron chi connectivity index (χ3n) is 5.51. The van der Waals surface area contributed by atoms with Crippen molar-refractivity contribution in [3.8, 4) is 0 Å². The molecule has 2 heterocycles. The first-order valence-electron chi connectivity index (χ1n) is 10.6. The fourth-order valence-corrected chi connectivity index (χ4v) is 4.06. The maximum Gasteiger partial charge on any atom is 0.226 e. The highest BCUT2D eigenvalue weighted by molar-refractivity contribution is 5.89. The van der Waals surface area contributed by atoms with Crippen LogP contribution in [0.25, 0.3) is 11.0 Å². The van der Waals surface area contributed by atoms with Gasteiger partial charge < -0.3 is 15.2 Å². The fourth-order valence-electron chi connectivity index (χ4n) is 4.06. The van der Waals surface area contributed by atoms with E-state index in [0.717, 1.165) is 22.4 Å². The third kappa shape index (κ3) is 4.53. The number of fused-ring (bicyclic) bond motifs is 1. The second-order valence-corrected chi connectivity index (χ2v) is 8.48. The number of hydrogen-bond acceptors (Lipinski definition) is 3. The van der Waals surface area contributed by atoms with Crippen molar-refractivity contribution in [2.75, 3.05) is 13.1 Å². The average molecular weight is 405 g/mol. The van der Waals surface area contributed by atoms with Gasteiger partial charge in [0.25, 0.3) is 0 Å². The van der Waals surface area contributed by atoms with Crippen molar-refractivity contribution in [1.29, 1.82) is 0 Å². The number of rotatable bonds is 7. The average Bonchev–Trinajstić information content (AvgIpc) is 3.31. The van der Waals surface area contributed by atoms with Crippen molar-refractivity contribution in [2.45, 2.75) is 32.7 Å². The number of aromatic nitrogens is 2. The van der Waals surface area contributed by atoms with Crippen molar-refractivity contribution in [1.82, 2.24) is 20.2 Å². The zero-order valence-electron chi connectivity index (χ0n) is 17.5. The zero-order chi connectivity index (χ0) is 21.1. The second-order valence-electron chi connectivity index (χ2n) is 8.48. The van der Waals surface area contributed by atoms with Crippen LogP contribution < -0.4 is 5.32 Å². The molecule has 1 aliphatic heterocycles. The Balaban J connectivity index is 1.54. The van der Waals surface area contributed by atoms with Gasteiger partial charge in [0, 0.05) is 19.5 Å². The molecule has 3 aromatic rings. The standard InChI is InChI=1S/C24H28N4O2/c1-16(2)14-28-15-18(13-22(28)29)24(30)27-21(12-17-8-4-3-5-9-17)23-25-19-10-6-7-11-20(19)26-23/h3-11,16,18,21H,12-15H2,1-2H3,(H,25,26)(H,27,30)/t18-,21-/m0/s1. The highest BCUT2D eigenvalue weighted by Crippen LogP contribution is 2.23. The van der Waals surface area contributed by atoms with E-state index >= 15 is 0 Å². The molecule has 30 heavy (non-hydrogen) atoms. The van der Waals surface area contributed by atoms with Crippen LogP contribution >= 0.6 is 0 Å². The molecular weight excluding hydrogens is 376 g/mol. The maximum atomic E-state index is 13.1. The van der Waals surface area contributed by atoms with Gasteiger partial charge in [0.1, 0.15) is 5.82 Å². The Labute approximate surface area is 176 Å². The highest BCUT2D eigenvalue weighted by Gasteiger charge is 2.35. The molecule has 0 unspecified atom stereocenters. The topological polar surface area (TPSA) is 78.1 Å². The van der Waals surface area contributed by atoms with Crippen LogP contribution in [0.15, 0.2) is 54.6 Å². The summed E-state index contributed by atoms with van der Waals surface area (Å²) in [4.78, 5) is 35.3. The van der Waals surface area contributed by atoms with Crippen LogP contribution in [0.5, 0.6) is 0 Å². The lowest BCUT2D eigenvalue weighted by Crippen LogP contribution is -2.37. The molecule has 1 saturated heterocycles. The molecule has 2 amide bonds. The summed E-state index contributed by atoms with van der Waals surface area (Å²) in [6.45, 7) is 5.34. The van der Waals surface area contributed by atoms with E-state index in [0.29, 0.717) is 25.4 Å². The Hall–Kier alpha value is -3.15. The van der Waals surface area contributed by atoms with Gasteiger partial charge in [0.05, 0.1) is 23.0 Å². The number of carbonyl (C=O) groups excluding carboxylic acids is 2. The van der Waals surface area contributed by atoms with Crippen LogP contribution in [0.4, 0.5) is 0 Å². The molecule has 156 valence electrons. The molecule has 1 aliphatic rings. The number of likely N-dealkylation sites (tertiary alicyclic amines) is 1. The van der Waals surface area contributed by atoms with E-state index in [1.807, 2.05) is 59.5 Å². The van der Waals surface area contributed by atoms with Crippen LogP contribution in [0, 0.1) is 11.8 Å². The highest BCUT2D eigenvalue weighted by atomic mass is 16.2. The number of hydrogen-bond donors (Lipinski definition) is 2. The molecule has 6 heteroatoms. The van der Waals surface area contributed by atoms with Gasteiger partial charge in [0.2, 0.25) is 11.8 Å². The van der Waals surface area contributed by atoms with Gasteiger partial charge in [0.15, 0.2) is 0 Å². The lowest BCUT2D eigenvalue weighted by molar-refractivity contribution is -0.129. The number of nitrogens with zero attached hydrogens (tertiary/aromatic N) is 2. The Bertz CT molecular complexity index is 995. The van der Waals surface area contributed by atoms with Crippen LogP contribution in [0.3, 0.4) is 0 Å². The molecule has 4 rings (SSSR count). The van der Waals surface area contributed by atoms with Crippen molar-refractivity contribution in [3.05, 3.63) is 66.0 Å². The quantitative estimate of drug-likeness (QED) is 0.633. The summed E-state index contributed by atoms with van der Waals surface area (Å²) in [5.74, 6) is 0.774. The van der Waals surface area contributed by atoms with E-state index < -0.39 is 0 Å². The summed E-state index contributed by atoms with van der Waals surface area (Å²) in [5.41, 5.74) is 2.94. The minimum atomic E-state index is -0.320. The smallest absolute Gasteiger partial charge is 0.226 e. The van der Waals surface area contributed by atoms with E-state index in [4.69, 9.17) is 4.98 Å². The number of benzene rings is 2. The lowest BCUT2D eigenvalue weighted by atomic mass is 10.0. The molecule has 1 fully saturated rings. The summed E-state index contributed by atoms with van der Waals surface area (Å²) < 4.78 is 0. The zero-order valence-corrected chi connectivity index (χ0v) is 17.5. The van der Waals surface area contributed by atoms with E-state index in [1.165, 1.54) is 0 Å². The molecule has 2 aromatic carbocycles. The molecule has 0 spiro atoms. The Morgan fingerprint density at radius 3 is 2.63 bits per heavy atom. The minimum Gasteiger partial charge on any atom is -0.346 e. The normalized spacial score (nSPS) is 17.6. The van der Waals surface area contributed by atoms with E-state index in [-0.39, 0.29) is 30.2 Å². The molecule has 1 aromatic heterocycles. The summed E-state index contributed by atoms with van der Waals surface area (Å²) in [5, 5.41) is 3.17. The van der Waals surface area contributed by atoms with Crippen LogP contribution in [0.2, 0.25) is 0 Å². The van der Waals surface area contributed by atoms with Crippen molar-refractivity contribution in [2.24, 2.45) is 11.8 Å². The maximum absolute atomic E-state index is 13.1. The Morgan fingerprint density at radius 1 is 1.17 bits per heavy atom. The van der Waals surface area contributed by atoms with Crippen molar-refractivity contribution in [3.63, 3.8) is 0 Å². The third-order valence-corrected chi connectivity index (χ3v) is 5.51. The Kier molecular flexibility index (Phi) is 5.84.